The van der Waals surface area contributed by atoms with Crippen LogP contribution in [0.3, 0.4) is 0 Å². The molecule has 3 rings (SSSR count). The van der Waals surface area contributed by atoms with Crippen molar-refractivity contribution in [3.63, 3.8) is 0 Å². The molecule has 1 aromatic carbocycles. The fourth-order valence-corrected chi connectivity index (χ4v) is 5.17. The summed E-state index contributed by atoms with van der Waals surface area (Å²) >= 11 is 3.38. The van der Waals surface area contributed by atoms with Gasteiger partial charge in [0.05, 0.1) is 23.3 Å². The Hall–Kier alpha value is -2.11. The average molecular weight is 463 g/mol. The predicted octanol–water partition coefficient (Wildman–Crippen LogP) is 2.14. The van der Waals surface area contributed by atoms with Gasteiger partial charge in [0.2, 0.25) is 0 Å². The molecule has 0 saturated carbocycles. The van der Waals surface area contributed by atoms with Crippen molar-refractivity contribution in [3.05, 3.63) is 28.2 Å². The van der Waals surface area contributed by atoms with Gasteiger partial charge in [0.25, 0.3) is 12.0 Å². The van der Waals surface area contributed by atoms with E-state index in [1.165, 1.54) is 0 Å². The van der Waals surface area contributed by atoms with Gasteiger partial charge in [-0.2, -0.15) is 5.26 Å². The van der Waals surface area contributed by atoms with Gasteiger partial charge in [-0.3, -0.25) is 9.28 Å². The molecule has 2 amide bonds. The molecule has 1 aromatic rings. The average Bonchev–Trinajstić information content (AvgIpc) is 3.28. The van der Waals surface area contributed by atoms with Crippen molar-refractivity contribution in [2.45, 2.75) is 57.7 Å². The summed E-state index contributed by atoms with van der Waals surface area (Å²) in [5.41, 5.74) is 0.809. The number of nitrogens with one attached hydrogen (secondary N) is 1. The first-order valence-corrected chi connectivity index (χ1v) is 10.7. The molecule has 0 aromatic heterocycles. The highest BCUT2D eigenvalue weighted by Crippen LogP contribution is 2.37. The molecular formula is C21H27BrN4O3. The van der Waals surface area contributed by atoms with Gasteiger partial charge in [0.15, 0.2) is 6.04 Å². The highest BCUT2D eigenvalue weighted by Gasteiger charge is 2.55. The van der Waals surface area contributed by atoms with Crippen molar-refractivity contribution >= 4 is 33.6 Å². The smallest absolute Gasteiger partial charge is 0.279 e. The van der Waals surface area contributed by atoms with Crippen LogP contribution in [0.1, 0.15) is 45.6 Å². The summed E-state index contributed by atoms with van der Waals surface area (Å²) in [5.74, 6) is -0.218. The fourth-order valence-electron chi connectivity index (χ4n) is 4.80. The highest BCUT2D eigenvalue weighted by atomic mass is 79.9. The minimum Gasteiger partial charge on any atom is -0.498 e. The van der Waals surface area contributed by atoms with E-state index in [9.17, 15) is 20.0 Å². The number of nitriles is 1. The number of halogens is 1. The zero-order valence-corrected chi connectivity index (χ0v) is 18.7. The Bertz CT molecular complexity index is 860. The van der Waals surface area contributed by atoms with E-state index in [2.05, 4.69) is 32.2 Å². The highest BCUT2D eigenvalue weighted by molar-refractivity contribution is 9.10. The second kappa shape index (κ2) is 7.96. The second-order valence-electron chi connectivity index (χ2n) is 8.90. The lowest BCUT2D eigenvalue weighted by atomic mass is 9.99. The summed E-state index contributed by atoms with van der Waals surface area (Å²) in [6.07, 6.45) is 0.792. The molecule has 0 radical (unpaired) electrons. The van der Waals surface area contributed by atoms with E-state index in [1.807, 2.05) is 32.9 Å². The number of quaternary nitrogens is 1. The lowest BCUT2D eigenvalue weighted by molar-refractivity contribution is -0.922. The molecule has 2 aliphatic rings. The summed E-state index contributed by atoms with van der Waals surface area (Å²) in [5, 5.41) is 24.6. The van der Waals surface area contributed by atoms with Gasteiger partial charge in [0, 0.05) is 36.4 Å². The maximum absolute atomic E-state index is 13.1. The maximum Gasteiger partial charge on any atom is 0.279 e. The molecule has 2 fully saturated rings. The van der Waals surface area contributed by atoms with Crippen molar-refractivity contribution in [3.8, 4) is 6.07 Å². The summed E-state index contributed by atoms with van der Waals surface area (Å²) in [4.78, 5) is 27.3. The van der Waals surface area contributed by atoms with E-state index >= 15 is 0 Å². The first-order valence-electron chi connectivity index (χ1n) is 9.94. The molecule has 156 valence electrons. The van der Waals surface area contributed by atoms with Gasteiger partial charge in [-0.1, -0.05) is 15.9 Å². The molecule has 3 atom stereocenters. The summed E-state index contributed by atoms with van der Waals surface area (Å²) in [6.45, 7) is 7.28. The number of rotatable bonds is 3. The van der Waals surface area contributed by atoms with E-state index in [0.717, 1.165) is 23.1 Å². The number of likely N-dealkylation sites (tertiary alicyclic amines) is 1. The van der Waals surface area contributed by atoms with Crippen LogP contribution in [0.4, 0.5) is 10.5 Å². The van der Waals surface area contributed by atoms with Crippen molar-refractivity contribution in [1.29, 1.82) is 5.26 Å². The lowest BCUT2D eigenvalue weighted by Gasteiger charge is -2.48. The third-order valence-corrected chi connectivity index (χ3v) is 6.79. The zero-order chi connectivity index (χ0) is 21.4. The minimum atomic E-state index is -1.18. The van der Waals surface area contributed by atoms with Crippen LogP contribution in [0.15, 0.2) is 22.7 Å². The fraction of sp³-hybridized carbons (Fsp3) is 0.571. The SMILES string of the molecule is CC(C)(C)[N+]1(C(=O)[O-])CCC[C@H]1C(=O)N[C@H]1CCN(c2ccc(Br)cc2C#N)C1. The van der Waals surface area contributed by atoms with Crippen LogP contribution in [0.5, 0.6) is 0 Å². The number of nitrogens with zero attached hydrogens (tertiary/aromatic N) is 3. The van der Waals surface area contributed by atoms with Crippen LogP contribution in [0.2, 0.25) is 0 Å². The van der Waals surface area contributed by atoms with Crippen LogP contribution in [-0.4, -0.2) is 53.7 Å². The number of carbonyl (C=O) groups is 2. The number of benzene rings is 1. The van der Waals surface area contributed by atoms with Crippen LogP contribution < -0.4 is 15.3 Å². The molecule has 2 aliphatic heterocycles. The molecule has 8 heteroatoms. The first-order chi connectivity index (χ1) is 13.6. The van der Waals surface area contributed by atoms with Crippen LogP contribution in [0.25, 0.3) is 0 Å². The zero-order valence-electron chi connectivity index (χ0n) is 17.1. The molecule has 0 bridgehead atoms. The molecule has 2 saturated heterocycles. The van der Waals surface area contributed by atoms with Gasteiger partial charge in [-0.15, -0.1) is 0 Å². The summed E-state index contributed by atoms with van der Waals surface area (Å²) in [7, 11) is 0. The Kier molecular flexibility index (Phi) is 5.93. The Morgan fingerprint density at radius 3 is 2.69 bits per heavy atom. The third-order valence-electron chi connectivity index (χ3n) is 6.30. The predicted molar refractivity (Wildman–Crippen MR) is 111 cm³/mol. The molecular weight excluding hydrogens is 436 g/mol. The second-order valence-corrected chi connectivity index (χ2v) is 9.82. The Labute approximate surface area is 180 Å². The van der Waals surface area contributed by atoms with Crippen molar-refractivity contribution in [2.24, 2.45) is 0 Å². The van der Waals surface area contributed by atoms with Crippen LogP contribution in [0, 0.1) is 11.3 Å². The Balaban J connectivity index is 1.73. The number of hydrogen-bond donors (Lipinski definition) is 1. The maximum atomic E-state index is 13.1. The molecule has 1 unspecified atom stereocenters. The standard InChI is InChI=1S/C21H27BrN4O3/c1-21(2,3)26(20(28)29)10-4-5-18(26)19(27)24-16-8-9-25(13-16)17-7-6-15(22)11-14(17)12-23/h6-7,11,16,18H,4-5,8-10,13H2,1-3H3,(H-,24,27,28,29)/t16-,18-,26?/m0/s1. The monoisotopic (exact) mass is 462 g/mol. The van der Waals surface area contributed by atoms with Crippen molar-refractivity contribution in [1.82, 2.24) is 5.32 Å². The van der Waals surface area contributed by atoms with E-state index in [-0.39, 0.29) is 16.4 Å². The van der Waals surface area contributed by atoms with Crippen molar-refractivity contribution < 1.29 is 19.2 Å². The molecule has 29 heavy (non-hydrogen) atoms. The lowest BCUT2D eigenvalue weighted by Crippen LogP contribution is -2.72. The molecule has 0 aliphatic carbocycles. The van der Waals surface area contributed by atoms with Gasteiger partial charge in [-0.25, -0.2) is 0 Å². The van der Waals surface area contributed by atoms with Gasteiger partial charge in [0.1, 0.15) is 6.07 Å². The Morgan fingerprint density at radius 1 is 1.34 bits per heavy atom. The number of anilines is 1. The molecule has 0 spiro atoms. The molecule has 2 heterocycles. The van der Waals surface area contributed by atoms with Gasteiger partial charge >= 0.3 is 0 Å². The van der Waals surface area contributed by atoms with Gasteiger partial charge < -0.3 is 20.1 Å². The molecule has 1 N–H and O–H groups in total. The minimum absolute atomic E-state index is 0.0816. The number of carbonyl (C=O) groups excluding carboxylic acids is 2. The quantitative estimate of drug-likeness (QED) is 0.693. The van der Waals surface area contributed by atoms with E-state index < -0.39 is 17.7 Å². The first kappa shape index (κ1) is 21.6. The number of carboxylic acid groups (broad SMARTS) is 1. The van der Waals surface area contributed by atoms with Crippen LogP contribution >= 0.6 is 15.9 Å². The number of hydrogen-bond acceptors (Lipinski definition) is 5. The van der Waals surface area contributed by atoms with Crippen molar-refractivity contribution in [2.75, 3.05) is 24.5 Å². The van der Waals surface area contributed by atoms with E-state index in [1.54, 1.807) is 6.07 Å². The largest absolute Gasteiger partial charge is 0.498 e. The third kappa shape index (κ3) is 3.86. The summed E-state index contributed by atoms with van der Waals surface area (Å²) < 4.78 is 0.516. The van der Waals surface area contributed by atoms with Crippen LogP contribution in [-0.2, 0) is 4.79 Å². The topological polar surface area (TPSA) is 96.3 Å². The normalized spacial score (nSPS) is 26.9. The van der Waals surface area contributed by atoms with Gasteiger partial charge in [-0.05, 0) is 45.4 Å². The molecule has 7 nitrogen and oxygen atoms in total. The summed E-state index contributed by atoms with van der Waals surface area (Å²) in [6, 6.07) is 7.09. The number of amides is 2. The van der Waals surface area contributed by atoms with E-state index in [0.29, 0.717) is 31.5 Å². The van der Waals surface area contributed by atoms with E-state index in [4.69, 9.17) is 0 Å². The Morgan fingerprint density at radius 2 is 2.07 bits per heavy atom.